The Morgan fingerprint density at radius 3 is 2.60 bits per heavy atom. The maximum Gasteiger partial charge on any atom is 0.234 e. The largest absolute Gasteiger partial charge is 0.352 e. The number of hydrogen-bond acceptors (Lipinski definition) is 3. The van der Waals surface area contributed by atoms with Crippen LogP contribution >= 0.6 is 11.8 Å². The zero-order valence-corrected chi connectivity index (χ0v) is 15.9. The Hall–Kier alpha value is -1.56. The van der Waals surface area contributed by atoms with Crippen molar-refractivity contribution in [1.82, 2.24) is 5.32 Å². The van der Waals surface area contributed by atoms with Crippen molar-refractivity contribution in [3.05, 3.63) is 30.1 Å². The van der Waals surface area contributed by atoms with E-state index in [9.17, 15) is 14.0 Å². The fourth-order valence-electron chi connectivity index (χ4n) is 3.09. The summed E-state index contributed by atoms with van der Waals surface area (Å²) in [4.78, 5) is 24.3. The quantitative estimate of drug-likeness (QED) is 0.804. The first-order valence-electron chi connectivity index (χ1n) is 8.84. The number of rotatable bonds is 6. The van der Waals surface area contributed by atoms with E-state index in [0.717, 1.165) is 12.8 Å². The van der Waals surface area contributed by atoms with Crippen molar-refractivity contribution in [2.24, 2.45) is 11.8 Å². The van der Waals surface area contributed by atoms with Crippen LogP contribution in [0, 0.1) is 17.7 Å². The Balaban J connectivity index is 1.75. The minimum Gasteiger partial charge on any atom is -0.352 e. The van der Waals surface area contributed by atoms with Crippen molar-refractivity contribution in [3.8, 4) is 0 Å². The zero-order valence-electron chi connectivity index (χ0n) is 15.0. The maximum absolute atomic E-state index is 12.8. The van der Waals surface area contributed by atoms with E-state index in [0.29, 0.717) is 17.5 Å². The van der Waals surface area contributed by atoms with Crippen LogP contribution in [-0.4, -0.2) is 28.9 Å². The fourth-order valence-corrected chi connectivity index (χ4v) is 3.79. The minimum absolute atomic E-state index is 0.00877. The molecule has 0 radical (unpaired) electrons. The zero-order chi connectivity index (χ0) is 18.4. The Morgan fingerprint density at radius 2 is 1.92 bits per heavy atom. The molecule has 1 aromatic carbocycles. The van der Waals surface area contributed by atoms with E-state index in [1.54, 1.807) is 0 Å². The van der Waals surface area contributed by atoms with Crippen LogP contribution in [0.4, 0.5) is 10.1 Å². The number of halogens is 1. The monoisotopic (exact) mass is 366 g/mol. The van der Waals surface area contributed by atoms with Crippen molar-refractivity contribution in [2.75, 3.05) is 11.1 Å². The van der Waals surface area contributed by atoms with E-state index in [2.05, 4.69) is 24.5 Å². The van der Waals surface area contributed by atoms with Gasteiger partial charge in [-0.05, 0) is 49.4 Å². The second kappa shape index (κ2) is 9.22. The molecule has 6 heteroatoms. The number of thioether (sulfide) groups is 1. The van der Waals surface area contributed by atoms with Gasteiger partial charge < -0.3 is 10.6 Å². The summed E-state index contributed by atoms with van der Waals surface area (Å²) in [6.45, 7) is 6.26. The van der Waals surface area contributed by atoms with Gasteiger partial charge in [0, 0.05) is 11.7 Å². The molecule has 1 fully saturated rings. The first-order chi connectivity index (χ1) is 11.9. The molecule has 1 aliphatic rings. The number of carbonyl (C=O) groups is 2. The highest BCUT2D eigenvalue weighted by molar-refractivity contribution is 8.01. The fraction of sp³-hybridized carbons (Fsp3) is 0.579. The molecule has 2 amide bonds. The number of anilines is 1. The van der Waals surface area contributed by atoms with Gasteiger partial charge in [0.05, 0.1) is 11.0 Å². The summed E-state index contributed by atoms with van der Waals surface area (Å²) in [5.74, 6) is 0.744. The smallest absolute Gasteiger partial charge is 0.234 e. The number of amides is 2. The lowest BCUT2D eigenvalue weighted by molar-refractivity contribution is -0.121. The molecule has 4 nitrogen and oxygen atoms in total. The molecule has 0 saturated heterocycles. The third-order valence-electron chi connectivity index (χ3n) is 5.00. The van der Waals surface area contributed by atoms with Crippen LogP contribution < -0.4 is 10.6 Å². The van der Waals surface area contributed by atoms with E-state index < -0.39 is 0 Å². The summed E-state index contributed by atoms with van der Waals surface area (Å²) in [6, 6.07) is 5.85. The maximum atomic E-state index is 12.8. The number of nitrogens with one attached hydrogen (secondary N) is 2. The second-order valence-electron chi connectivity index (χ2n) is 6.89. The van der Waals surface area contributed by atoms with Gasteiger partial charge in [0.1, 0.15) is 5.82 Å². The van der Waals surface area contributed by atoms with Gasteiger partial charge in [0.15, 0.2) is 0 Å². The van der Waals surface area contributed by atoms with E-state index in [1.165, 1.54) is 42.4 Å². The van der Waals surface area contributed by atoms with E-state index >= 15 is 0 Å². The highest BCUT2D eigenvalue weighted by Crippen LogP contribution is 2.29. The van der Waals surface area contributed by atoms with Crippen LogP contribution in [0.1, 0.15) is 40.0 Å². The van der Waals surface area contributed by atoms with E-state index in [1.807, 2.05) is 6.92 Å². The number of hydrogen-bond donors (Lipinski definition) is 2. The lowest BCUT2D eigenvalue weighted by Crippen LogP contribution is -2.46. The molecule has 1 saturated carbocycles. The lowest BCUT2D eigenvalue weighted by Gasteiger charge is -2.35. The molecule has 0 aliphatic heterocycles. The topological polar surface area (TPSA) is 58.2 Å². The first-order valence-corrected chi connectivity index (χ1v) is 9.89. The molecule has 1 aliphatic carbocycles. The summed E-state index contributed by atoms with van der Waals surface area (Å²) in [6.07, 6.45) is 3.40. The van der Waals surface area contributed by atoms with Crippen molar-refractivity contribution in [3.63, 3.8) is 0 Å². The van der Waals surface area contributed by atoms with Crippen LogP contribution in [0.3, 0.4) is 0 Å². The van der Waals surface area contributed by atoms with Crippen LogP contribution in [-0.2, 0) is 9.59 Å². The Morgan fingerprint density at radius 1 is 1.24 bits per heavy atom. The molecule has 4 unspecified atom stereocenters. The highest BCUT2D eigenvalue weighted by Gasteiger charge is 2.29. The average Bonchev–Trinajstić information content (AvgIpc) is 2.58. The third-order valence-corrected chi connectivity index (χ3v) is 6.14. The molecule has 0 aromatic heterocycles. The van der Waals surface area contributed by atoms with E-state index in [-0.39, 0.29) is 34.7 Å². The number of carbonyl (C=O) groups excluding carboxylic acids is 2. The molecule has 138 valence electrons. The van der Waals surface area contributed by atoms with Crippen molar-refractivity contribution >= 4 is 29.3 Å². The molecule has 2 N–H and O–H groups in total. The second-order valence-corrected chi connectivity index (χ2v) is 8.22. The standard InChI is InChI=1S/C19H27FN2O2S/c1-12-5-4-6-17(13(12)2)22-19(24)14(3)25-11-18(23)21-16-9-7-15(20)8-10-16/h7-10,12-14,17H,4-6,11H2,1-3H3,(H,21,23)(H,22,24). The molecular formula is C19H27FN2O2S. The minimum atomic E-state index is -0.344. The van der Waals surface area contributed by atoms with Crippen molar-refractivity contribution < 1.29 is 14.0 Å². The molecule has 25 heavy (non-hydrogen) atoms. The van der Waals surface area contributed by atoms with Crippen LogP contribution in [0.25, 0.3) is 0 Å². The molecule has 0 spiro atoms. The van der Waals surface area contributed by atoms with Gasteiger partial charge in [-0.25, -0.2) is 4.39 Å². The Bertz CT molecular complexity index is 594. The van der Waals surface area contributed by atoms with E-state index in [4.69, 9.17) is 0 Å². The van der Waals surface area contributed by atoms with Gasteiger partial charge in [-0.1, -0.05) is 26.7 Å². The predicted molar refractivity (Wildman–Crippen MR) is 101 cm³/mol. The first kappa shape index (κ1) is 19.8. The molecule has 0 bridgehead atoms. The average molecular weight is 367 g/mol. The lowest BCUT2D eigenvalue weighted by atomic mass is 9.78. The highest BCUT2D eigenvalue weighted by atomic mass is 32.2. The molecule has 0 heterocycles. The Kier molecular flexibility index (Phi) is 7.29. The van der Waals surface area contributed by atoms with Gasteiger partial charge in [0.2, 0.25) is 11.8 Å². The van der Waals surface area contributed by atoms with Gasteiger partial charge in [-0.2, -0.15) is 0 Å². The summed E-state index contributed by atoms with van der Waals surface area (Å²) in [7, 11) is 0. The summed E-state index contributed by atoms with van der Waals surface area (Å²) >= 11 is 1.31. The van der Waals surface area contributed by atoms with Gasteiger partial charge >= 0.3 is 0 Å². The normalized spacial score (nSPS) is 24.4. The van der Waals surface area contributed by atoms with Crippen LogP contribution in [0.2, 0.25) is 0 Å². The van der Waals surface area contributed by atoms with Gasteiger partial charge in [0.25, 0.3) is 0 Å². The Labute approximate surface area is 153 Å². The summed E-state index contributed by atoms with van der Waals surface area (Å²) in [5.41, 5.74) is 0.550. The van der Waals surface area contributed by atoms with Gasteiger partial charge in [-0.3, -0.25) is 9.59 Å². The SMILES string of the molecule is CC(SCC(=O)Nc1ccc(F)cc1)C(=O)NC1CCCC(C)C1C. The van der Waals surface area contributed by atoms with Crippen molar-refractivity contribution in [1.29, 1.82) is 0 Å². The third kappa shape index (κ3) is 6.03. The summed E-state index contributed by atoms with van der Waals surface area (Å²) in [5, 5.41) is 5.56. The van der Waals surface area contributed by atoms with Crippen LogP contribution in [0.5, 0.6) is 0 Å². The van der Waals surface area contributed by atoms with Crippen LogP contribution in [0.15, 0.2) is 24.3 Å². The van der Waals surface area contributed by atoms with Gasteiger partial charge in [-0.15, -0.1) is 11.8 Å². The van der Waals surface area contributed by atoms with Crippen molar-refractivity contribution in [2.45, 2.75) is 51.3 Å². The molecule has 1 aromatic rings. The molecule has 2 rings (SSSR count). The molecule has 4 atom stereocenters. The molecular weight excluding hydrogens is 339 g/mol. The summed E-state index contributed by atoms with van der Waals surface area (Å²) < 4.78 is 12.8. The number of benzene rings is 1. The predicted octanol–water partition coefficient (Wildman–Crippen LogP) is 3.83.